The Morgan fingerprint density at radius 1 is 1.38 bits per heavy atom. The molecule has 6 nitrogen and oxygen atoms in total. The molecule has 3 unspecified atom stereocenters. The highest BCUT2D eigenvalue weighted by molar-refractivity contribution is 8.00. The zero-order valence-electron chi connectivity index (χ0n) is 18.4. The van der Waals surface area contributed by atoms with E-state index in [0.29, 0.717) is 35.7 Å². The molecule has 4 rings (SSSR count). The van der Waals surface area contributed by atoms with Gasteiger partial charge in [-0.2, -0.15) is 11.8 Å². The number of likely N-dealkylation sites (tertiary alicyclic amines) is 1. The molecule has 2 heterocycles. The molecule has 0 bridgehead atoms. The number of aliphatic hydroxyl groups excluding tert-OH is 1. The monoisotopic (exact) mass is 478 g/mol. The lowest BCUT2D eigenvalue weighted by Gasteiger charge is -2.37. The first kappa shape index (κ1) is 23.6. The number of thioether (sulfide) groups is 1. The van der Waals surface area contributed by atoms with Gasteiger partial charge in [-0.05, 0) is 62.8 Å². The summed E-state index contributed by atoms with van der Waals surface area (Å²) < 4.78 is 5.32. The summed E-state index contributed by atoms with van der Waals surface area (Å²) in [7, 11) is 1.60. The molecule has 1 saturated heterocycles. The SMILES string of the molecule is COc1ccc2ncc(Cl)c(C(O)CCC3CCN(CCSC4CC4)CC3C(=O)O)c2c1. The Labute approximate surface area is 198 Å². The second kappa shape index (κ2) is 10.6. The number of nitrogens with zero attached hydrogens (tertiary/aromatic N) is 2. The van der Waals surface area contributed by atoms with E-state index in [-0.39, 0.29) is 5.92 Å². The molecule has 2 N–H and O–H groups in total. The van der Waals surface area contributed by atoms with Gasteiger partial charge >= 0.3 is 5.97 Å². The van der Waals surface area contributed by atoms with Crippen LogP contribution in [0.1, 0.15) is 43.8 Å². The lowest BCUT2D eigenvalue weighted by molar-refractivity contribution is -0.146. The first-order valence-corrected chi connectivity index (χ1v) is 12.8. The van der Waals surface area contributed by atoms with Gasteiger partial charge < -0.3 is 19.8 Å². The molecule has 2 fully saturated rings. The summed E-state index contributed by atoms with van der Waals surface area (Å²) in [6.45, 7) is 2.48. The van der Waals surface area contributed by atoms with Crippen molar-refractivity contribution in [3.8, 4) is 5.75 Å². The number of methoxy groups -OCH3 is 1. The van der Waals surface area contributed by atoms with E-state index >= 15 is 0 Å². The zero-order chi connectivity index (χ0) is 22.7. The van der Waals surface area contributed by atoms with Gasteiger partial charge in [-0.1, -0.05) is 11.6 Å². The van der Waals surface area contributed by atoms with E-state index < -0.39 is 18.0 Å². The molecule has 0 radical (unpaired) electrons. The lowest BCUT2D eigenvalue weighted by atomic mass is 9.81. The minimum Gasteiger partial charge on any atom is -0.497 e. The number of hydrogen-bond acceptors (Lipinski definition) is 6. The number of rotatable bonds is 10. The number of fused-ring (bicyclic) bond motifs is 1. The van der Waals surface area contributed by atoms with Crippen LogP contribution in [0, 0.1) is 11.8 Å². The molecule has 174 valence electrons. The predicted octanol–water partition coefficient (Wildman–Crippen LogP) is 4.63. The number of halogens is 1. The van der Waals surface area contributed by atoms with Gasteiger partial charge in [-0.3, -0.25) is 9.78 Å². The first-order chi connectivity index (χ1) is 15.5. The molecule has 1 aliphatic carbocycles. The zero-order valence-corrected chi connectivity index (χ0v) is 19.9. The number of aromatic nitrogens is 1. The number of benzene rings is 1. The topological polar surface area (TPSA) is 82.9 Å². The molecule has 0 amide bonds. The summed E-state index contributed by atoms with van der Waals surface area (Å²) in [6, 6.07) is 5.51. The van der Waals surface area contributed by atoms with Crippen LogP contribution in [-0.2, 0) is 4.79 Å². The predicted molar refractivity (Wildman–Crippen MR) is 129 cm³/mol. The van der Waals surface area contributed by atoms with Crippen LogP contribution < -0.4 is 4.74 Å². The summed E-state index contributed by atoms with van der Waals surface area (Å²) >= 11 is 8.44. The number of hydrogen-bond donors (Lipinski definition) is 2. The third kappa shape index (κ3) is 5.68. The van der Waals surface area contributed by atoms with E-state index in [1.54, 1.807) is 13.3 Å². The normalized spacial score (nSPS) is 22.7. The van der Waals surface area contributed by atoms with Gasteiger partial charge in [0.1, 0.15) is 5.75 Å². The third-order valence-corrected chi connectivity index (χ3v) is 8.32. The Morgan fingerprint density at radius 3 is 2.91 bits per heavy atom. The Bertz CT molecular complexity index is 955. The van der Waals surface area contributed by atoms with Crippen molar-refractivity contribution in [1.29, 1.82) is 0 Å². The molecule has 0 spiro atoms. The van der Waals surface area contributed by atoms with Crippen LogP contribution in [0.25, 0.3) is 10.9 Å². The van der Waals surface area contributed by atoms with E-state index in [9.17, 15) is 15.0 Å². The van der Waals surface area contributed by atoms with Crippen LogP contribution in [0.2, 0.25) is 5.02 Å². The molecule has 8 heteroatoms. The molecule has 2 aromatic rings. The summed E-state index contributed by atoms with van der Waals surface area (Å²) in [5.41, 5.74) is 1.38. The van der Waals surface area contributed by atoms with Gasteiger partial charge in [-0.15, -0.1) is 0 Å². The van der Waals surface area contributed by atoms with Gasteiger partial charge in [0.15, 0.2) is 0 Å². The highest BCUT2D eigenvalue weighted by Crippen LogP contribution is 2.37. The second-order valence-electron chi connectivity index (χ2n) is 8.86. The summed E-state index contributed by atoms with van der Waals surface area (Å²) in [4.78, 5) is 18.6. The maximum Gasteiger partial charge on any atom is 0.308 e. The van der Waals surface area contributed by atoms with Gasteiger partial charge in [0.25, 0.3) is 0 Å². The number of aliphatic hydroxyl groups is 1. The maximum atomic E-state index is 12.0. The highest BCUT2D eigenvalue weighted by atomic mass is 35.5. The Morgan fingerprint density at radius 2 is 2.19 bits per heavy atom. The van der Waals surface area contributed by atoms with E-state index in [0.717, 1.165) is 41.4 Å². The number of aliphatic carboxylic acids is 1. The standard InChI is InChI=1S/C24H31ClN2O4S/c1-31-16-3-6-21-18(12-16)23(20(25)13-26-21)22(28)7-2-15-8-9-27(14-19(15)24(29)30)10-11-32-17-4-5-17/h3,6,12-13,15,17,19,22,28H,2,4-5,7-11,14H2,1H3,(H,29,30). The van der Waals surface area contributed by atoms with Crippen molar-refractivity contribution in [2.75, 3.05) is 32.5 Å². The van der Waals surface area contributed by atoms with E-state index in [2.05, 4.69) is 9.88 Å². The average molecular weight is 479 g/mol. The number of pyridine rings is 1. The second-order valence-corrected chi connectivity index (χ2v) is 10.7. The number of carboxylic acid groups (broad SMARTS) is 1. The van der Waals surface area contributed by atoms with Gasteiger partial charge in [0.05, 0.1) is 29.7 Å². The molecule has 1 aromatic carbocycles. The van der Waals surface area contributed by atoms with Crippen LogP contribution >= 0.6 is 23.4 Å². The van der Waals surface area contributed by atoms with E-state index in [1.807, 2.05) is 30.0 Å². The van der Waals surface area contributed by atoms with Crippen molar-refractivity contribution in [1.82, 2.24) is 9.88 Å². The number of ether oxygens (including phenoxy) is 1. The molecule has 3 atom stereocenters. The number of piperidine rings is 1. The van der Waals surface area contributed by atoms with Crippen LogP contribution in [0.5, 0.6) is 5.75 Å². The Balaban J connectivity index is 1.40. The Hall–Kier alpha value is -1.54. The van der Waals surface area contributed by atoms with Crippen LogP contribution in [0.4, 0.5) is 0 Å². The fourth-order valence-electron chi connectivity index (χ4n) is 4.63. The number of carbonyl (C=O) groups is 1. The smallest absolute Gasteiger partial charge is 0.308 e. The Kier molecular flexibility index (Phi) is 7.82. The fourth-order valence-corrected chi connectivity index (χ4v) is 6.07. The summed E-state index contributed by atoms with van der Waals surface area (Å²) in [5, 5.41) is 22.9. The van der Waals surface area contributed by atoms with Crippen molar-refractivity contribution in [3.05, 3.63) is 35.0 Å². The minimum absolute atomic E-state index is 0.0518. The van der Waals surface area contributed by atoms with Crippen LogP contribution in [0.15, 0.2) is 24.4 Å². The largest absolute Gasteiger partial charge is 0.497 e. The average Bonchev–Trinajstić information content (AvgIpc) is 3.61. The molecule has 1 saturated carbocycles. The first-order valence-electron chi connectivity index (χ1n) is 11.3. The number of carboxylic acids is 1. The van der Waals surface area contributed by atoms with Gasteiger partial charge in [-0.25, -0.2) is 0 Å². The molecule has 1 aromatic heterocycles. The summed E-state index contributed by atoms with van der Waals surface area (Å²) in [6.07, 6.45) is 5.38. The molecular weight excluding hydrogens is 448 g/mol. The van der Waals surface area contributed by atoms with Crippen LogP contribution in [0.3, 0.4) is 0 Å². The van der Waals surface area contributed by atoms with Crippen LogP contribution in [-0.4, -0.2) is 63.8 Å². The molecular formula is C24H31ClN2O4S. The minimum atomic E-state index is -0.789. The third-order valence-electron chi connectivity index (χ3n) is 6.65. The fraction of sp³-hybridized carbons (Fsp3) is 0.583. The molecule has 1 aliphatic heterocycles. The van der Waals surface area contributed by atoms with Crippen molar-refractivity contribution < 1.29 is 19.7 Å². The van der Waals surface area contributed by atoms with Gasteiger partial charge in [0, 0.05) is 41.2 Å². The van der Waals surface area contributed by atoms with Gasteiger partial charge in [0.2, 0.25) is 0 Å². The molecule has 2 aliphatic rings. The van der Waals surface area contributed by atoms with E-state index in [4.69, 9.17) is 16.3 Å². The molecule has 32 heavy (non-hydrogen) atoms. The lowest BCUT2D eigenvalue weighted by Crippen LogP contribution is -2.44. The van der Waals surface area contributed by atoms with Crippen molar-refractivity contribution in [3.63, 3.8) is 0 Å². The maximum absolute atomic E-state index is 12.0. The van der Waals surface area contributed by atoms with E-state index in [1.165, 1.54) is 12.8 Å². The van der Waals surface area contributed by atoms with Crippen molar-refractivity contribution >= 4 is 40.2 Å². The van der Waals surface area contributed by atoms with Crippen molar-refractivity contribution in [2.45, 2.75) is 43.5 Å². The van der Waals surface area contributed by atoms with Crippen molar-refractivity contribution in [2.24, 2.45) is 11.8 Å². The highest BCUT2D eigenvalue weighted by Gasteiger charge is 2.34. The summed E-state index contributed by atoms with van der Waals surface area (Å²) in [5.74, 6) is 0.675. The quantitative estimate of drug-likeness (QED) is 0.515.